The van der Waals surface area contributed by atoms with E-state index in [1.165, 1.54) is 24.3 Å². The monoisotopic (exact) mass is 391 g/mol. The fourth-order valence-electron chi connectivity index (χ4n) is 2.26. The summed E-state index contributed by atoms with van der Waals surface area (Å²) in [6, 6.07) is 12.8. The Bertz CT molecular complexity index is 798. The summed E-state index contributed by atoms with van der Waals surface area (Å²) in [5.74, 6) is -1.11. The molecule has 0 aromatic heterocycles. The number of ether oxygens (including phenoxy) is 1. The van der Waals surface area contributed by atoms with E-state index in [4.69, 9.17) is 16.3 Å². The Morgan fingerprint density at radius 2 is 1.78 bits per heavy atom. The number of amides is 1. The molecule has 0 aliphatic heterocycles. The zero-order valence-corrected chi connectivity index (χ0v) is 15.2. The molecule has 8 nitrogen and oxygen atoms in total. The number of carbonyl (C=O) groups excluding carboxylic acids is 2. The van der Waals surface area contributed by atoms with Gasteiger partial charge in [0.15, 0.2) is 0 Å². The Labute approximate surface area is 160 Å². The molecule has 0 saturated carbocycles. The van der Waals surface area contributed by atoms with E-state index in [0.29, 0.717) is 11.1 Å². The third-order valence-electron chi connectivity index (χ3n) is 3.63. The lowest BCUT2D eigenvalue weighted by atomic mass is 10.1. The minimum absolute atomic E-state index is 0.0966. The van der Waals surface area contributed by atoms with Crippen LogP contribution in [0.3, 0.4) is 0 Å². The van der Waals surface area contributed by atoms with Gasteiger partial charge in [-0.2, -0.15) is 0 Å². The topological polar surface area (TPSA) is 111 Å². The number of rotatable bonds is 8. The van der Waals surface area contributed by atoms with Crippen LogP contribution in [0.4, 0.5) is 5.69 Å². The van der Waals surface area contributed by atoms with Gasteiger partial charge >= 0.3 is 5.97 Å². The smallest absolute Gasteiger partial charge is 0.326 e. The Morgan fingerprint density at radius 1 is 1.15 bits per heavy atom. The van der Waals surface area contributed by atoms with Gasteiger partial charge in [-0.15, -0.1) is 11.6 Å². The maximum atomic E-state index is 12.3. The van der Waals surface area contributed by atoms with E-state index >= 15 is 0 Å². The first kappa shape index (κ1) is 20.3. The fraction of sp³-hybridized carbons (Fsp3) is 0.222. The molecular formula is C18H18ClN3O5. The number of carbonyl (C=O) groups is 2. The number of hydrogen-bond acceptors (Lipinski definition) is 6. The van der Waals surface area contributed by atoms with E-state index < -0.39 is 28.2 Å². The first-order valence-electron chi connectivity index (χ1n) is 8.10. The van der Waals surface area contributed by atoms with Crippen molar-refractivity contribution < 1.29 is 19.2 Å². The molecule has 0 fully saturated rings. The summed E-state index contributed by atoms with van der Waals surface area (Å²) in [4.78, 5) is 34.6. The lowest BCUT2D eigenvalue weighted by Gasteiger charge is -2.22. The van der Waals surface area contributed by atoms with E-state index in [9.17, 15) is 19.7 Å². The van der Waals surface area contributed by atoms with E-state index in [2.05, 4.69) is 10.9 Å². The third-order valence-corrected chi connectivity index (χ3v) is 4.14. The van der Waals surface area contributed by atoms with Crippen LogP contribution in [-0.2, 0) is 9.53 Å². The average Bonchev–Trinajstić information content (AvgIpc) is 2.68. The number of halogens is 1. The molecule has 1 amide bonds. The summed E-state index contributed by atoms with van der Waals surface area (Å²) in [5, 5.41) is 9.83. The quantitative estimate of drug-likeness (QED) is 0.310. The van der Waals surface area contributed by atoms with Crippen LogP contribution in [0.2, 0.25) is 0 Å². The first-order chi connectivity index (χ1) is 12.9. The predicted octanol–water partition coefficient (Wildman–Crippen LogP) is 2.74. The molecule has 0 heterocycles. The maximum absolute atomic E-state index is 12.3. The second-order valence-corrected chi connectivity index (χ2v) is 5.91. The van der Waals surface area contributed by atoms with Crippen molar-refractivity contribution >= 4 is 29.2 Å². The van der Waals surface area contributed by atoms with Crippen LogP contribution in [0.1, 0.15) is 28.2 Å². The maximum Gasteiger partial charge on any atom is 0.326 e. The summed E-state index contributed by atoms with van der Waals surface area (Å²) in [6.07, 6.45) is 0. The van der Waals surface area contributed by atoms with Gasteiger partial charge in [-0.25, -0.2) is 5.43 Å². The van der Waals surface area contributed by atoms with Gasteiger partial charge in [0.2, 0.25) is 0 Å². The minimum Gasteiger partial charge on any atom is -0.465 e. The predicted molar refractivity (Wildman–Crippen MR) is 99.2 cm³/mol. The van der Waals surface area contributed by atoms with Gasteiger partial charge in [-0.05, 0) is 24.6 Å². The van der Waals surface area contributed by atoms with Crippen molar-refractivity contribution in [2.75, 3.05) is 6.61 Å². The molecule has 0 bridgehead atoms. The summed E-state index contributed by atoms with van der Waals surface area (Å²) >= 11 is 6.38. The van der Waals surface area contributed by atoms with Crippen molar-refractivity contribution in [2.24, 2.45) is 0 Å². The zero-order chi connectivity index (χ0) is 19.8. The van der Waals surface area contributed by atoms with Crippen molar-refractivity contribution in [2.45, 2.75) is 18.3 Å². The van der Waals surface area contributed by atoms with E-state index in [-0.39, 0.29) is 12.3 Å². The highest BCUT2D eigenvalue weighted by atomic mass is 35.5. The van der Waals surface area contributed by atoms with Gasteiger partial charge < -0.3 is 4.74 Å². The number of nitro benzene ring substituents is 1. The molecule has 0 aliphatic rings. The second-order valence-electron chi connectivity index (χ2n) is 5.44. The Hall–Kier alpha value is -2.97. The van der Waals surface area contributed by atoms with E-state index in [1.807, 2.05) is 0 Å². The SMILES string of the molecule is CCOC(=O)[C@@H](NNC(=O)c1ccccc1)[C@@H](Cl)c1ccc([N+](=O)[O-])cc1. The normalized spacial score (nSPS) is 12.7. The van der Waals surface area contributed by atoms with Crippen molar-refractivity contribution in [1.29, 1.82) is 0 Å². The number of hydrazine groups is 1. The highest BCUT2D eigenvalue weighted by Crippen LogP contribution is 2.26. The average molecular weight is 392 g/mol. The van der Waals surface area contributed by atoms with Crippen LogP contribution < -0.4 is 10.9 Å². The van der Waals surface area contributed by atoms with E-state index in [0.717, 1.165) is 0 Å². The standard InChI is InChI=1S/C18H18ClN3O5/c1-2-27-18(24)16(20-21-17(23)13-6-4-3-5-7-13)15(19)12-8-10-14(11-9-12)22(25)26/h3-11,15-16,20H,2H2,1H3,(H,21,23)/t15-,16-/m0/s1. The lowest BCUT2D eigenvalue weighted by molar-refractivity contribution is -0.384. The summed E-state index contributed by atoms with van der Waals surface area (Å²) < 4.78 is 5.00. The Kier molecular flexibility index (Phi) is 7.27. The highest BCUT2D eigenvalue weighted by molar-refractivity contribution is 6.22. The molecule has 2 atom stereocenters. The van der Waals surface area contributed by atoms with Gasteiger partial charge in [0.1, 0.15) is 6.04 Å². The molecule has 27 heavy (non-hydrogen) atoms. The van der Waals surface area contributed by atoms with Gasteiger partial charge in [0.25, 0.3) is 11.6 Å². The largest absolute Gasteiger partial charge is 0.465 e. The molecule has 9 heteroatoms. The second kappa shape index (κ2) is 9.65. The number of non-ortho nitro benzene ring substituents is 1. The molecule has 0 saturated heterocycles. The van der Waals surface area contributed by atoms with Crippen molar-refractivity contribution in [1.82, 2.24) is 10.9 Å². The van der Waals surface area contributed by atoms with Gasteiger partial charge in [0, 0.05) is 17.7 Å². The number of nitrogens with zero attached hydrogens (tertiary/aromatic N) is 1. The Balaban J connectivity index is 2.14. The number of alkyl halides is 1. The van der Waals surface area contributed by atoms with Crippen LogP contribution >= 0.6 is 11.6 Å². The first-order valence-corrected chi connectivity index (χ1v) is 8.53. The Morgan fingerprint density at radius 3 is 2.33 bits per heavy atom. The number of hydrogen-bond donors (Lipinski definition) is 2. The fourth-order valence-corrected chi connectivity index (χ4v) is 2.57. The van der Waals surface area contributed by atoms with Crippen molar-refractivity contribution in [3.63, 3.8) is 0 Å². The van der Waals surface area contributed by atoms with Crippen LogP contribution in [0.5, 0.6) is 0 Å². The molecular weight excluding hydrogens is 374 g/mol. The molecule has 0 radical (unpaired) electrons. The molecule has 142 valence electrons. The van der Waals surface area contributed by atoms with Crippen LogP contribution in [0.25, 0.3) is 0 Å². The summed E-state index contributed by atoms with van der Waals surface area (Å²) in [5.41, 5.74) is 5.80. The zero-order valence-electron chi connectivity index (χ0n) is 14.4. The summed E-state index contributed by atoms with van der Waals surface area (Å²) in [7, 11) is 0. The van der Waals surface area contributed by atoms with Gasteiger partial charge in [-0.3, -0.25) is 25.1 Å². The molecule has 2 N–H and O–H groups in total. The lowest BCUT2D eigenvalue weighted by Crippen LogP contribution is -2.50. The molecule has 0 aliphatic carbocycles. The minimum atomic E-state index is -1.10. The molecule has 2 aromatic rings. The number of benzene rings is 2. The number of nitro groups is 1. The van der Waals surface area contributed by atoms with Crippen LogP contribution in [0, 0.1) is 10.1 Å². The van der Waals surface area contributed by atoms with Gasteiger partial charge in [-0.1, -0.05) is 30.3 Å². The molecule has 2 aromatic carbocycles. The number of nitrogens with one attached hydrogen (secondary N) is 2. The third kappa shape index (κ3) is 5.50. The molecule has 2 rings (SSSR count). The van der Waals surface area contributed by atoms with E-state index in [1.54, 1.807) is 37.3 Å². The molecule has 0 spiro atoms. The summed E-state index contributed by atoms with van der Waals surface area (Å²) in [6.45, 7) is 1.78. The van der Waals surface area contributed by atoms with Crippen LogP contribution in [0.15, 0.2) is 54.6 Å². The van der Waals surface area contributed by atoms with Crippen molar-refractivity contribution in [3.05, 3.63) is 75.8 Å². The molecule has 0 unspecified atom stereocenters. The number of esters is 1. The van der Waals surface area contributed by atoms with Crippen LogP contribution in [-0.4, -0.2) is 29.4 Å². The van der Waals surface area contributed by atoms with Gasteiger partial charge in [0.05, 0.1) is 16.9 Å². The highest BCUT2D eigenvalue weighted by Gasteiger charge is 2.30. The van der Waals surface area contributed by atoms with Crippen molar-refractivity contribution in [3.8, 4) is 0 Å².